The summed E-state index contributed by atoms with van der Waals surface area (Å²) in [5, 5.41) is 0. The molecule has 0 bridgehead atoms. The lowest BCUT2D eigenvalue weighted by Crippen LogP contribution is -2.12. The van der Waals surface area contributed by atoms with Crippen molar-refractivity contribution in [2.24, 2.45) is 0 Å². The highest BCUT2D eigenvalue weighted by Crippen LogP contribution is 2.15. The summed E-state index contributed by atoms with van der Waals surface area (Å²) in [5.74, 6) is 0.720. The Morgan fingerprint density at radius 3 is 1.96 bits per heavy atom. The molecule has 0 spiro atoms. The first kappa shape index (κ1) is 24.2. The van der Waals surface area contributed by atoms with Gasteiger partial charge in [0, 0.05) is 18.4 Å². The minimum Gasteiger partial charge on any atom is -0.490 e. The molecule has 0 N–H and O–H groups in total. The van der Waals surface area contributed by atoms with Crippen LogP contribution in [0.15, 0.2) is 24.3 Å². The van der Waals surface area contributed by atoms with E-state index in [4.69, 9.17) is 9.47 Å². The van der Waals surface area contributed by atoms with Crippen LogP contribution in [-0.4, -0.2) is 25.0 Å². The van der Waals surface area contributed by atoms with Crippen molar-refractivity contribution in [1.29, 1.82) is 0 Å². The van der Waals surface area contributed by atoms with Crippen LogP contribution in [0.4, 0.5) is 0 Å². The van der Waals surface area contributed by atoms with Crippen molar-refractivity contribution in [3.63, 3.8) is 0 Å². The van der Waals surface area contributed by atoms with Gasteiger partial charge in [-0.3, -0.25) is 9.59 Å². The SMILES string of the molecule is CCCCCCCCCC(=O)OCCOc1ccc(C(=O)CCCCC)cc1. The van der Waals surface area contributed by atoms with E-state index in [1.54, 1.807) is 24.3 Å². The minimum atomic E-state index is -0.148. The molecule has 0 aliphatic rings. The number of benzene rings is 1. The Labute approximate surface area is 171 Å². The number of hydrogen-bond acceptors (Lipinski definition) is 4. The predicted molar refractivity (Wildman–Crippen MR) is 114 cm³/mol. The third-order valence-electron chi connectivity index (χ3n) is 4.78. The molecule has 0 aromatic heterocycles. The van der Waals surface area contributed by atoms with Gasteiger partial charge in [0.2, 0.25) is 0 Å². The van der Waals surface area contributed by atoms with Crippen LogP contribution in [0.2, 0.25) is 0 Å². The Morgan fingerprint density at radius 2 is 1.29 bits per heavy atom. The summed E-state index contributed by atoms with van der Waals surface area (Å²) in [7, 11) is 0. The molecule has 158 valence electrons. The molecule has 0 amide bonds. The van der Waals surface area contributed by atoms with Crippen LogP contribution in [0.25, 0.3) is 0 Å². The maximum Gasteiger partial charge on any atom is 0.305 e. The fraction of sp³-hybridized carbons (Fsp3) is 0.667. The molecule has 0 aliphatic heterocycles. The zero-order valence-corrected chi connectivity index (χ0v) is 17.8. The van der Waals surface area contributed by atoms with Crippen molar-refractivity contribution in [3.05, 3.63) is 29.8 Å². The standard InChI is InChI=1S/C24H38O4/c1-3-5-7-8-9-10-12-14-24(26)28-20-19-27-22-17-15-21(16-18-22)23(25)13-11-6-4-2/h15-18H,3-14,19-20H2,1-2H3. The summed E-state index contributed by atoms with van der Waals surface area (Å²) >= 11 is 0. The van der Waals surface area contributed by atoms with Crippen LogP contribution in [0.5, 0.6) is 5.75 Å². The second kappa shape index (κ2) is 16.1. The third-order valence-corrected chi connectivity index (χ3v) is 4.78. The highest BCUT2D eigenvalue weighted by atomic mass is 16.6. The average Bonchev–Trinajstić information content (AvgIpc) is 2.71. The zero-order valence-electron chi connectivity index (χ0n) is 17.8. The summed E-state index contributed by atoms with van der Waals surface area (Å²) < 4.78 is 10.8. The number of rotatable bonds is 17. The quantitative estimate of drug-likeness (QED) is 0.173. The van der Waals surface area contributed by atoms with Crippen molar-refractivity contribution < 1.29 is 19.1 Å². The molecular formula is C24H38O4. The van der Waals surface area contributed by atoms with Crippen molar-refractivity contribution >= 4 is 11.8 Å². The van der Waals surface area contributed by atoms with E-state index in [0.717, 1.165) is 37.7 Å². The highest BCUT2D eigenvalue weighted by molar-refractivity contribution is 5.96. The number of unbranched alkanes of at least 4 members (excludes halogenated alkanes) is 8. The van der Waals surface area contributed by atoms with Gasteiger partial charge in [-0.05, 0) is 37.1 Å². The van der Waals surface area contributed by atoms with Gasteiger partial charge in [-0.25, -0.2) is 0 Å². The maximum absolute atomic E-state index is 12.0. The molecule has 1 aromatic carbocycles. The van der Waals surface area contributed by atoms with Crippen LogP contribution >= 0.6 is 0 Å². The summed E-state index contributed by atoms with van der Waals surface area (Å²) in [6.07, 6.45) is 12.6. The van der Waals surface area contributed by atoms with E-state index in [0.29, 0.717) is 25.2 Å². The molecule has 0 unspecified atom stereocenters. The van der Waals surface area contributed by atoms with E-state index in [-0.39, 0.29) is 18.4 Å². The smallest absolute Gasteiger partial charge is 0.305 e. The van der Waals surface area contributed by atoms with Gasteiger partial charge in [-0.1, -0.05) is 65.2 Å². The molecule has 0 atom stereocenters. The van der Waals surface area contributed by atoms with Crippen LogP contribution in [0, 0.1) is 0 Å². The molecule has 0 fully saturated rings. The molecule has 0 radical (unpaired) electrons. The van der Waals surface area contributed by atoms with E-state index >= 15 is 0 Å². The Bertz CT molecular complexity index is 536. The Hall–Kier alpha value is -1.84. The first-order valence-corrected chi connectivity index (χ1v) is 11.1. The number of ether oxygens (including phenoxy) is 2. The molecule has 0 saturated carbocycles. The number of esters is 1. The molecule has 0 heterocycles. The second-order valence-electron chi connectivity index (χ2n) is 7.34. The molecule has 0 saturated heterocycles. The lowest BCUT2D eigenvalue weighted by Gasteiger charge is -2.08. The first-order valence-electron chi connectivity index (χ1n) is 11.1. The van der Waals surface area contributed by atoms with Gasteiger partial charge in [0.05, 0.1) is 0 Å². The molecule has 1 rings (SSSR count). The summed E-state index contributed by atoms with van der Waals surface area (Å²) in [5.41, 5.74) is 0.726. The van der Waals surface area contributed by atoms with Gasteiger partial charge in [0.15, 0.2) is 5.78 Å². The Morgan fingerprint density at radius 1 is 0.714 bits per heavy atom. The lowest BCUT2D eigenvalue weighted by molar-refractivity contribution is -0.144. The van der Waals surface area contributed by atoms with Crippen LogP contribution in [-0.2, 0) is 9.53 Å². The number of ketones is 1. The first-order chi connectivity index (χ1) is 13.7. The van der Waals surface area contributed by atoms with E-state index in [1.807, 2.05) is 0 Å². The van der Waals surface area contributed by atoms with Crippen LogP contribution in [0.3, 0.4) is 0 Å². The Balaban J connectivity index is 2.09. The van der Waals surface area contributed by atoms with Crippen LogP contribution in [0.1, 0.15) is 101 Å². The van der Waals surface area contributed by atoms with Crippen molar-refractivity contribution in [3.8, 4) is 5.75 Å². The molecule has 28 heavy (non-hydrogen) atoms. The number of carbonyl (C=O) groups is 2. The monoisotopic (exact) mass is 390 g/mol. The van der Waals surface area contributed by atoms with Gasteiger partial charge < -0.3 is 9.47 Å². The second-order valence-corrected chi connectivity index (χ2v) is 7.34. The van der Waals surface area contributed by atoms with Crippen molar-refractivity contribution in [1.82, 2.24) is 0 Å². The number of hydrogen-bond donors (Lipinski definition) is 0. The summed E-state index contributed by atoms with van der Waals surface area (Å²) in [4.78, 5) is 23.7. The summed E-state index contributed by atoms with van der Waals surface area (Å²) in [6, 6.07) is 7.20. The largest absolute Gasteiger partial charge is 0.490 e. The van der Waals surface area contributed by atoms with E-state index in [9.17, 15) is 9.59 Å². The molecule has 4 nitrogen and oxygen atoms in total. The van der Waals surface area contributed by atoms with E-state index < -0.39 is 0 Å². The molecular weight excluding hydrogens is 352 g/mol. The zero-order chi connectivity index (χ0) is 20.5. The summed E-state index contributed by atoms with van der Waals surface area (Å²) in [6.45, 7) is 4.92. The fourth-order valence-electron chi connectivity index (χ4n) is 3.03. The van der Waals surface area contributed by atoms with Gasteiger partial charge in [-0.2, -0.15) is 0 Å². The third kappa shape index (κ3) is 11.8. The lowest BCUT2D eigenvalue weighted by atomic mass is 10.0. The van der Waals surface area contributed by atoms with E-state index in [2.05, 4.69) is 13.8 Å². The Kier molecular flexibility index (Phi) is 14.0. The molecule has 0 aliphatic carbocycles. The van der Waals surface area contributed by atoms with E-state index in [1.165, 1.54) is 32.1 Å². The predicted octanol–water partition coefficient (Wildman–Crippen LogP) is 6.51. The normalized spacial score (nSPS) is 10.6. The average molecular weight is 391 g/mol. The van der Waals surface area contributed by atoms with Gasteiger partial charge >= 0.3 is 5.97 Å². The van der Waals surface area contributed by atoms with Crippen LogP contribution < -0.4 is 4.74 Å². The number of carbonyl (C=O) groups excluding carboxylic acids is 2. The maximum atomic E-state index is 12.0. The number of Topliss-reactive ketones (excluding diaryl/α,β-unsaturated/α-hetero) is 1. The minimum absolute atomic E-state index is 0.148. The van der Waals surface area contributed by atoms with Crippen molar-refractivity contribution in [2.75, 3.05) is 13.2 Å². The van der Waals surface area contributed by atoms with Gasteiger partial charge in [-0.15, -0.1) is 0 Å². The topological polar surface area (TPSA) is 52.6 Å². The fourth-order valence-corrected chi connectivity index (χ4v) is 3.03. The van der Waals surface area contributed by atoms with Gasteiger partial charge in [0.25, 0.3) is 0 Å². The van der Waals surface area contributed by atoms with Crippen molar-refractivity contribution in [2.45, 2.75) is 90.9 Å². The molecule has 4 heteroatoms. The van der Waals surface area contributed by atoms with Gasteiger partial charge in [0.1, 0.15) is 19.0 Å². The molecule has 1 aromatic rings. The highest BCUT2D eigenvalue weighted by Gasteiger charge is 2.06.